The number of rotatable bonds is 9. The maximum absolute atomic E-state index is 16.5. The number of nitrogens with two attached hydrogens (primary N) is 1. The highest BCUT2D eigenvalue weighted by Crippen LogP contribution is 2.44. The summed E-state index contributed by atoms with van der Waals surface area (Å²) in [6.07, 6.45) is 0.219. The molecule has 3 heterocycles. The zero-order valence-corrected chi connectivity index (χ0v) is 25.5. The van der Waals surface area contributed by atoms with Crippen LogP contribution < -0.4 is 5.73 Å². The smallest absolute Gasteiger partial charge is 0.282 e. The van der Waals surface area contributed by atoms with Crippen molar-refractivity contribution in [2.75, 3.05) is 32.9 Å². The fourth-order valence-electron chi connectivity index (χ4n) is 6.38. The van der Waals surface area contributed by atoms with Crippen LogP contribution in [0.15, 0.2) is 12.1 Å². The van der Waals surface area contributed by atoms with E-state index in [4.69, 9.17) is 15.2 Å². The third-order valence-electron chi connectivity index (χ3n) is 9.08. The first-order valence-electron chi connectivity index (χ1n) is 14.8. The molecule has 2 saturated heterocycles. The van der Waals surface area contributed by atoms with Crippen LogP contribution in [0.2, 0.25) is 25.7 Å². The molecule has 0 unspecified atom stereocenters. The summed E-state index contributed by atoms with van der Waals surface area (Å²) in [6, 6.07) is 3.40. The minimum atomic E-state index is -2.95. The summed E-state index contributed by atoms with van der Waals surface area (Å²) in [6.45, 7) is 6.25. The van der Waals surface area contributed by atoms with Crippen molar-refractivity contribution in [1.82, 2.24) is 14.5 Å². The number of nitrogens with zero attached hydrogens (tertiary/aromatic N) is 3. The molecule has 2 N–H and O–H groups in total. The lowest BCUT2D eigenvalue weighted by Crippen LogP contribution is -2.63. The van der Waals surface area contributed by atoms with E-state index in [9.17, 15) is 22.4 Å². The fraction of sp³-hybridized carbons (Fsp3) is 0.724. The number of amides is 1. The molecule has 7 nitrogen and oxygen atoms in total. The number of benzene rings is 1. The summed E-state index contributed by atoms with van der Waals surface area (Å²) in [4.78, 5) is 19.3. The number of carbonyl (C=O) groups excluding carboxylic acids is 1. The molecule has 1 saturated carbocycles. The number of hydrogen-bond donors (Lipinski definition) is 1. The fourth-order valence-corrected chi connectivity index (χ4v) is 7.14. The van der Waals surface area contributed by atoms with E-state index in [2.05, 4.69) is 24.6 Å². The first-order valence-corrected chi connectivity index (χ1v) is 18.5. The second-order valence-corrected chi connectivity index (χ2v) is 19.1. The first-order chi connectivity index (χ1) is 19.6. The molecule has 0 radical (unpaired) electrons. The standard InChI is InChI=1S/C29H41F5N4O3Si/c1-42(2,3)15-14-41-18-38-21-5-4-20(27(10-12-40-13-11-27)26(39)37-16-29(33,34)17-37)22(30)24(21)36-25(38)23(35)19-6-8-28(31,32)9-7-19/h4-5,19,23H,6-18,35H2,1-3H3/t23-/m0/s1. The number of carbonyl (C=O) groups is 1. The molecule has 42 heavy (non-hydrogen) atoms. The molecule has 1 amide bonds. The number of ether oxygens (including phenoxy) is 2. The maximum Gasteiger partial charge on any atom is 0.282 e. The van der Waals surface area contributed by atoms with Gasteiger partial charge in [-0.1, -0.05) is 25.7 Å². The Bertz CT molecular complexity index is 1290. The number of alkyl halides is 4. The number of fused-ring (bicyclic) bond motifs is 1. The van der Waals surface area contributed by atoms with Gasteiger partial charge in [-0.2, -0.15) is 0 Å². The largest absolute Gasteiger partial charge is 0.381 e. The zero-order chi connectivity index (χ0) is 30.5. The molecule has 0 spiro atoms. The predicted molar refractivity (Wildman–Crippen MR) is 151 cm³/mol. The molecular weight excluding hydrogens is 575 g/mol. The van der Waals surface area contributed by atoms with E-state index in [1.54, 1.807) is 10.6 Å². The Morgan fingerprint density at radius 3 is 2.33 bits per heavy atom. The van der Waals surface area contributed by atoms with E-state index in [-0.39, 0.29) is 75.5 Å². The quantitative estimate of drug-likeness (QED) is 0.218. The number of aromatic nitrogens is 2. The predicted octanol–water partition coefficient (Wildman–Crippen LogP) is 5.84. The van der Waals surface area contributed by atoms with Crippen LogP contribution >= 0.6 is 0 Å². The topological polar surface area (TPSA) is 82.6 Å². The van der Waals surface area contributed by atoms with Gasteiger partial charge >= 0.3 is 0 Å². The highest BCUT2D eigenvalue weighted by molar-refractivity contribution is 6.76. The van der Waals surface area contributed by atoms with Gasteiger partial charge < -0.3 is 24.7 Å². The molecule has 13 heteroatoms. The third-order valence-corrected chi connectivity index (χ3v) is 10.8. The van der Waals surface area contributed by atoms with Gasteiger partial charge in [0.15, 0.2) is 5.82 Å². The second kappa shape index (κ2) is 11.4. The molecule has 3 fully saturated rings. The van der Waals surface area contributed by atoms with Crippen LogP contribution in [0.5, 0.6) is 0 Å². The molecule has 3 aliphatic rings. The summed E-state index contributed by atoms with van der Waals surface area (Å²) >= 11 is 0. The van der Waals surface area contributed by atoms with Gasteiger partial charge in [-0.3, -0.25) is 4.79 Å². The SMILES string of the molecule is C[Si](C)(C)CCOCn1c([C@@H](N)C2CCC(F)(F)CC2)nc2c(F)c(C3(C(=O)N4CC(F)(F)C4)CCOCC3)ccc21. The van der Waals surface area contributed by atoms with Crippen molar-refractivity contribution >= 4 is 25.0 Å². The van der Waals surface area contributed by atoms with Crippen LogP contribution in [0, 0.1) is 11.7 Å². The molecule has 1 atom stereocenters. The van der Waals surface area contributed by atoms with E-state index < -0.39 is 56.2 Å². The Labute approximate surface area is 243 Å². The van der Waals surface area contributed by atoms with Crippen LogP contribution in [0.3, 0.4) is 0 Å². The van der Waals surface area contributed by atoms with Crippen molar-refractivity contribution in [2.24, 2.45) is 11.7 Å². The van der Waals surface area contributed by atoms with Gasteiger partial charge in [0.1, 0.15) is 18.1 Å². The van der Waals surface area contributed by atoms with Gasteiger partial charge in [0.2, 0.25) is 11.8 Å². The molecule has 1 aliphatic carbocycles. The minimum Gasteiger partial charge on any atom is -0.381 e. The van der Waals surface area contributed by atoms with Crippen molar-refractivity contribution in [3.05, 3.63) is 29.3 Å². The molecule has 5 rings (SSSR count). The van der Waals surface area contributed by atoms with Crippen molar-refractivity contribution in [2.45, 2.75) is 94.2 Å². The summed E-state index contributed by atoms with van der Waals surface area (Å²) in [7, 11) is -1.38. The molecule has 2 aliphatic heterocycles. The van der Waals surface area contributed by atoms with Crippen LogP contribution in [0.1, 0.15) is 56.0 Å². The highest BCUT2D eigenvalue weighted by atomic mass is 28.3. The monoisotopic (exact) mass is 616 g/mol. The highest BCUT2D eigenvalue weighted by Gasteiger charge is 2.54. The van der Waals surface area contributed by atoms with Gasteiger partial charge in [0.25, 0.3) is 5.92 Å². The molecule has 1 aromatic heterocycles. The molecule has 0 bridgehead atoms. The molecular formula is C29H41F5N4O3Si. The van der Waals surface area contributed by atoms with Crippen molar-refractivity contribution < 1.29 is 36.2 Å². The number of halogens is 5. The number of imidazole rings is 1. The van der Waals surface area contributed by atoms with E-state index >= 15 is 4.39 Å². The van der Waals surface area contributed by atoms with E-state index in [1.807, 2.05) is 0 Å². The third kappa shape index (κ3) is 6.25. The lowest BCUT2D eigenvalue weighted by Gasteiger charge is -2.46. The summed E-state index contributed by atoms with van der Waals surface area (Å²) < 4.78 is 84.8. The van der Waals surface area contributed by atoms with Gasteiger partial charge in [0.05, 0.1) is 30.1 Å². The van der Waals surface area contributed by atoms with E-state index in [0.717, 1.165) is 10.9 Å². The minimum absolute atomic E-state index is 0.000455. The van der Waals surface area contributed by atoms with Crippen molar-refractivity contribution in [1.29, 1.82) is 0 Å². The van der Waals surface area contributed by atoms with Crippen LogP contribution in [-0.2, 0) is 26.4 Å². The van der Waals surface area contributed by atoms with E-state index in [0.29, 0.717) is 17.9 Å². The van der Waals surface area contributed by atoms with Crippen LogP contribution in [-0.4, -0.2) is 73.2 Å². The zero-order valence-electron chi connectivity index (χ0n) is 24.5. The van der Waals surface area contributed by atoms with Gasteiger partial charge in [-0.15, -0.1) is 0 Å². The number of hydrogen-bond acceptors (Lipinski definition) is 5. The second-order valence-electron chi connectivity index (χ2n) is 13.5. The Morgan fingerprint density at radius 1 is 1.10 bits per heavy atom. The maximum atomic E-state index is 16.5. The van der Waals surface area contributed by atoms with Gasteiger partial charge in [-0.25, -0.2) is 26.9 Å². The normalized spacial score (nSPS) is 23.1. The first kappa shape index (κ1) is 31.3. The Kier molecular flexibility index (Phi) is 8.54. The Hall–Kier alpha value is -2.09. The van der Waals surface area contributed by atoms with Crippen LogP contribution in [0.25, 0.3) is 11.0 Å². The average Bonchev–Trinajstić information content (AvgIpc) is 3.28. The summed E-state index contributed by atoms with van der Waals surface area (Å²) in [5, 5.41) is 0. The van der Waals surface area contributed by atoms with E-state index in [1.165, 1.54) is 6.07 Å². The summed E-state index contributed by atoms with van der Waals surface area (Å²) in [5.74, 6) is -6.83. The Balaban J connectivity index is 1.52. The lowest BCUT2D eigenvalue weighted by atomic mass is 9.72. The van der Waals surface area contributed by atoms with Crippen molar-refractivity contribution in [3.8, 4) is 0 Å². The molecule has 1 aromatic carbocycles. The van der Waals surface area contributed by atoms with Gasteiger partial charge in [-0.05, 0) is 43.7 Å². The lowest BCUT2D eigenvalue weighted by molar-refractivity contribution is -0.174. The average molecular weight is 617 g/mol. The number of likely N-dealkylation sites (tertiary alicyclic amines) is 1. The Morgan fingerprint density at radius 2 is 1.74 bits per heavy atom. The van der Waals surface area contributed by atoms with Crippen LogP contribution in [0.4, 0.5) is 22.0 Å². The summed E-state index contributed by atoms with van der Waals surface area (Å²) in [5.41, 5.74) is 5.80. The van der Waals surface area contributed by atoms with Gasteiger partial charge in [0, 0.05) is 46.3 Å². The molecule has 234 valence electrons. The molecule has 2 aromatic rings. The van der Waals surface area contributed by atoms with Crippen molar-refractivity contribution in [3.63, 3.8) is 0 Å².